The predicted octanol–water partition coefficient (Wildman–Crippen LogP) is 0.558. The second-order valence-corrected chi connectivity index (χ2v) is 3.70. The Morgan fingerprint density at radius 3 is 2.40 bits per heavy atom. The van der Waals surface area contributed by atoms with Gasteiger partial charge in [0.25, 0.3) is 0 Å². The summed E-state index contributed by atoms with van der Waals surface area (Å²) >= 11 is 0. The van der Waals surface area contributed by atoms with E-state index in [1.807, 2.05) is 6.07 Å². The van der Waals surface area contributed by atoms with E-state index in [2.05, 4.69) is 0 Å². The van der Waals surface area contributed by atoms with Gasteiger partial charge in [-0.25, -0.2) is 0 Å². The van der Waals surface area contributed by atoms with Crippen LogP contribution in [0, 0.1) is 16.7 Å². The van der Waals surface area contributed by atoms with Gasteiger partial charge in [-0.15, -0.1) is 0 Å². The molecule has 0 saturated carbocycles. The summed E-state index contributed by atoms with van der Waals surface area (Å²) in [5.41, 5.74) is -1.11. The number of nitrogens with zero attached hydrogens (tertiary/aromatic N) is 2. The second-order valence-electron chi connectivity index (χ2n) is 3.70. The highest BCUT2D eigenvalue weighted by molar-refractivity contribution is 5.87. The molecule has 0 bridgehead atoms. The Bertz CT molecular complexity index is 292. The standard InChI is InChI=1S/C10H16N2O3/c1-5-15-8(13)6-12(4)9(14)10(2,3)7-11/h5-6H2,1-4H3. The molecule has 0 aliphatic heterocycles. The summed E-state index contributed by atoms with van der Waals surface area (Å²) in [7, 11) is 1.47. The van der Waals surface area contributed by atoms with Crippen molar-refractivity contribution >= 4 is 11.9 Å². The summed E-state index contributed by atoms with van der Waals surface area (Å²) < 4.78 is 4.69. The smallest absolute Gasteiger partial charge is 0.325 e. The lowest BCUT2D eigenvalue weighted by Gasteiger charge is -2.22. The molecule has 15 heavy (non-hydrogen) atoms. The largest absolute Gasteiger partial charge is 0.465 e. The average molecular weight is 212 g/mol. The molecule has 84 valence electrons. The Balaban J connectivity index is 4.36. The molecule has 0 radical (unpaired) electrons. The minimum atomic E-state index is -1.11. The normalized spacial score (nSPS) is 10.3. The van der Waals surface area contributed by atoms with E-state index in [1.165, 1.54) is 25.8 Å². The maximum Gasteiger partial charge on any atom is 0.325 e. The third-order valence-corrected chi connectivity index (χ3v) is 1.83. The van der Waals surface area contributed by atoms with Crippen LogP contribution in [0.2, 0.25) is 0 Å². The van der Waals surface area contributed by atoms with Crippen molar-refractivity contribution in [1.82, 2.24) is 4.90 Å². The van der Waals surface area contributed by atoms with Gasteiger partial charge in [0.1, 0.15) is 12.0 Å². The molecule has 0 aromatic heterocycles. The number of esters is 1. The van der Waals surface area contributed by atoms with Gasteiger partial charge in [-0.2, -0.15) is 5.26 Å². The number of hydrogen-bond acceptors (Lipinski definition) is 4. The molecule has 0 rings (SSSR count). The van der Waals surface area contributed by atoms with Crippen molar-refractivity contribution in [2.24, 2.45) is 5.41 Å². The van der Waals surface area contributed by atoms with Gasteiger partial charge >= 0.3 is 5.97 Å². The van der Waals surface area contributed by atoms with Crippen LogP contribution in [0.5, 0.6) is 0 Å². The molecule has 0 unspecified atom stereocenters. The van der Waals surface area contributed by atoms with E-state index in [1.54, 1.807) is 6.92 Å². The van der Waals surface area contributed by atoms with Crippen LogP contribution in [0.1, 0.15) is 20.8 Å². The molecule has 0 spiro atoms. The number of rotatable bonds is 4. The molecule has 0 saturated heterocycles. The molecular formula is C10H16N2O3. The molecule has 5 heteroatoms. The lowest BCUT2D eigenvalue weighted by atomic mass is 9.94. The number of ether oxygens (including phenoxy) is 1. The molecule has 1 amide bonds. The second kappa shape index (κ2) is 5.35. The Morgan fingerprint density at radius 1 is 1.47 bits per heavy atom. The molecule has 0 aliphatic rings. The number of amides is 1. The zero-order valence-electron chi connectivity index (χ0n) is 9.53. The van der Waals surface area contributed by atoms with E-state index < -0.39 is 17.3 Å². The Morgan fingerprint density at radius 2 is 2.00 bits per heavy atom. The summed E-state index contributed by atoms with van der Waals surface area (Å²) in [6.07, 6.45) is 0. The highest BCUT2D eigenvalue weighted by Gasteiger charge is 2.31. The molecule has 0 aromatic carbocycles. The lowest BCUT2D eigenvalue weighted by Crippen LogP contribution is -2.40. The van der Waals surface area contributed by atoms with Gasteiger partial charge in [0.2, 0.25) is 5.91 Å². The van der Waals surface area contributed by atoms with Crippen molar-refractivity contribution in [2.75, 3.05) is 20.2 Å². The topological polar surface area (TPSA) is 70.4 Å². The minimum absolute atomic E-state index is 0.127. The quantitative estimate of drug-likeness (QED) is 0.638. The first kappa shape index (κ1) is 13.4. The molecule has 0 N–H and O–H groups in total. The highest BCUT2D eigenvalue weighted by Crippen LogP contribution is 2.16. The van der Waals surface area contributed by atoms with Crippen LogP contribution >= 0.6 is 0 Å². The van der Waals surface area contributed by atoms with Gasteiger partial charge in [-0.1, -0.05) is 0 Å². The van der Waals surface area contributed by atoms with Crippen LogP contribution < -0.4 is 0 Å². The van der Waals surface area contributed by atoms with Crippen LogP contribution in [-0.4, -0.2) is 37.0 Å². The number of likely N-dealkylation sites (N-methyl/N-ethyl adjacent to an activating group) is 1. The Hall–Kier alpha value is -1.57. The molecule has 0 aliphatic carbocycles. The van der Waals surface area contributed by atoms with Crippen LogP contribution in [0.15, 0.2) is 0 Å². The first-order valence-electron chi connectivity index (χ1n) is 4.67. The van der Waals surface area contributed by atoms with Crippen LogP contribution in [0.3, 0.4) is 0 Å². The number of hydrogen-bond donors (Lipinski definition) is 0. The Kier molecular flexibility index (Phi) is 4.79. The van der Waals surface area contributed by atoms with E-state index >= 15 is 0 Å². The van der Waals surface area contributed by atoms with Crippen LogP contribution in [-0.2, 0) is 14.3 Å². The SMILES string of the molecule is CCOC(=O)CN(C)C(=O)C(C)(C)C#N. The van der Waals surface area contributed by atoms with Gasteiger partial charge in [0.05, 0.1) is 12.7 Å². The van der Waals surface area contributed by atoms with E-state index in [4.69, 9.17) is 10.00 Å². The average Bonchev–Trinajstić information content (AvgIpc) is 2.16. The maximum absolute atomic E-state index is 11.6. The third kappa shape index (κ3) is 3.98. The van der Waals surface area contributed by atoms with E-state index in [0.29, 0.717) is 0 Å². The van der Waals surface area contributed by atoms with Crippen molar-refractivity contribution in [1.29, 1.82) is 5.26 Å². The maximum atomic E-state index is 11.6. The summed E-state index contributed by atoms with van der Waals surface area (Å²) in [5.74, 6) is -0.861. The van der Waals surface area contributed by atoms with Gasteiger partial charge in [-0.05, 0) is 20.8 Å². The summed E-state index contributed by atoms with van der Waals surface area (Å²) in [6.45, 7) is 4.87. The fourth-order valence-corrected chi connectivity index (χ4v) is 0.997. The number of nitriles is 1. The van der Waals surface area contributed by atoms with Gasteiger partial charge in [0, 0.05) is 7.05 Å². The first-order chi connectivity index (χ1) is 6.85. The van der Waals surface area contributed by atoms with Gasteiger partial charge < -0.3 is 9.64 Å². The van der Waals surface area contributed by atoms with E-state index in [-0.39, 0.29) is 13.2 Å². The van der Waals surface area contributed by atoms with Crippen molar-refractivity contribution in [3.63, 3.8) is 0 Å². The monoisotopic (exact) mass is 212 g/mol. The molecule has 0 fully saturated rings. The van der Waals surface area contributed by atoms with Crippen LogP contribution in [0.25, 0.3) is 0 Å². The van der Waals surface area contributed by atoms with Gasteiger partial charge in [-0.3, -0.25) is 9.59 Å². The van der Waals surface area contributed by atoms with Crippen molar-refractivity contribution in [3.8, 4) is 6.07 Å². The van der Waals surface area contributed by atoms with Crippen LogP contribution in [0.4, 0.5) is 0 Å². The zero-order valence-corrected chi connectivity index (χ0v) is 9.53. The fraction of sp³-hybridized carbons (Fsp3) is 0.700. The molecule has 5 nitrogen and oxygen atoms in total. The molecular weight excluding hydrogens is 196 g/mol. The summed E-state index contributed by atoms with van der Waals surface area (Å²) in [4.78, 5) is 23.9. The van der Waals surface area contributed by atoms with Gasteiger partial charge in [0.15, 0.2) is 0 Å². The lowest BCUT2D eigenvalue weighted by molar-refractivity contribution is -0.150. The minimum Gasteiger partial charge on any atom is -0.465 e. The highest BCUT2D eigenvalue weighted by atomic mass is 16.5. The molecule has 0 aromatic rings. The number of carbonyl (C=O) groups excluding carboxylic acids is 2. The van der Waals surface area contributed by atoms with E-state index in [9.17, 15) is 9.59 Å². The Labute approximate surface area is 89.6 Å². The fourth-order valence-electron chi connectivity index (χ4n) is 0.997. The first-order valence-corrected chi connectivity index (χ1v) is 4.67. The van der Waals surface area contributed by atoms with Crippen molar-refractivity contribution < 1.29 is 14.3 Å². The molecule has 0 heterocycles. The summed E-state index contributed by atoms with van der Waals surface area (Å²) in [5, 5.41) is 8.74. The third-order valence-electron chi connectivity index (χ3n) is 1.83. The number of carbonyl (C=O) groups is 2. The predicted molar refractivity (Wildman–Crippen MR) is 53.7 cm³/mol. The van der Waals surface area contributed by atoms with Crippen molar-refractivity contribution in [3.05, 3.63) is 0 Å². The van der Waals surface area contributed by atoms with Crippen molar-refractivity contribution in [2.45, 2.75) is 20.8 Å². The van der Waals surface area contributed by atoms with E-state index in [0.717, 1.165) is 0 Å². The zero-order chi connectivity index (χ0) is 12.1. The summed E-state index contributed by atoms with van der Waals surface area (Å²) in [6, 6.07) is 1.88. The molecule has 0 atom stereocenters.